The summed E-state index contributed by atoms with van der Waals surface area (Å²) < 4.78 is 0. The van der Waals surface area contributed by atoms with Crippen LogP contribution in [0.5, 0.6) is 0 Å². The van der Waals surface area contributed by atoms with Crippen LogP contribution in [0.3, 0.4) is 0 Å². The van der Waals surface area contributed by atoms with E-state index in [1.54, 1.807) is 24.5 Å². The van der Waals surface area contributed by atoms with Crippen molar-refractivity contribution in [3.63, 3.8) is 0 Å². The third-order valence-corrected chi connectivity index (χ3v) is 2.88. The van der Waals surface area contributed by atoms with E-state index in [2.05, 4.69) is 15.6 Å². The summed E-state index contributed by atoms with van der Waals surface area (Å²) in [5, 5.41) is 6.33. The molecule has 86 valence electrons. The highest BCUT2D eigenvalue weighted by atomic mass is 16.1. The maximum atomic E-state index is 11.7. The Kier molecular flexibility index (Phi) is 3.88. The minimum Gasteiger partial charge on any atom is -0.352 e. The number of pyridine rings is 1. The highest BCUT2D eigenvalue weighted by Crippen LogP contribution is 2.07. The molecule has 0 saturated carbocycles. The Morgan fingerprint density at radius 1 is 1.50 bits per heavy atom. The van der Waals surface area contributed by atoms with Gasteiger partial charge in [-0.25, -0.2) is 0 Å². The highest BCUT2D eigenvalue weighted by Gasteiger charge is 2.13. The Labute approximate surface area is 95.5 Å². The fourth-order valence-corrected chi connectivity index (χ4v) is 1.97. The van der Waals surface area contributed by atoms with E-state index in [1.165, 1.54) is 12.8 Å². The van der Waals surface area contributed by atoms with Gasteiger partial charge in [-0.05, 0) is 37.9 Å². The molecule has 1 saturated heterocycles. The smallest absolute Gasteiger partial charge is 0.251 e. The SMILES string of the molecule is O=C(NCC[C@H]1CCCN1)c1ccncc1. The Morgan fingerprint density at radius 2 is 2.31 bits per heavy atom. The second-order valence-electron chi connectivity index (χ2n) is 4.07. The van der Waals surface area contributed by atoms with Crippen molar-refractivity contribution >= 4 is 5.91 Å². The number of aromatic nitrogens is 1. The first-order chi connectivity index (χ1) is 7.86. The van der Waals surface area contributed by atoms with Crippen molar-refractivity contribution in [3.8, 4) is 0 Å². The average Bonchev–Trinajstić information content (AvgIpc) is 2.83. The van der Waals surface area contributed by atoms with Crippen LogP contribution in [0.2, 0.25) is 0 Å². The predicted octanol–water partition coefficient (Wildman–Crippen LogP) is 0.953. The van der Waals surface area contributed by atoms with Crippen LogP contribution in [-0.4, -0.2) is 30.0 Å². The fourth-order valence-electron chi connectivity index (χ4n) is 1.97. The zero-order valence-electron chi connectivity index (χ0n) is 9.28. The van der Waals surface area contributed by atoms with E-state index in [1.807, 2.05) is 0 Å². The van der Waals surface area contributed by atoms with Crippen LogP contribution in [0.15, 0.2) is 24.5 Å². The van der Waals surface area contributed by atoms with Gasteiger partial charge >= 0.3 is 0 Å². The van der Waals surface area contributed by atoms with Crippen LogP contribution >= 0.6 is 0 Å². The molecule has 1 aliphatic heterocycles. The van der Waals surface area contributed by atoms with Gasteiger partial charge in [0.15, 0.2) is 0 Å². The third kappa shape index (κ3) is 3.03. The summed E-state index contributed by atoms with van der Waals surface area (Å²) in [6, 6.07) is 4.03. The number of carbonyl (C=O) groups excluding carboxylic acids is 1. The molecule has 0 bridgehead atoms. The van der Waals surface area contributed by atoms with Crippen molar-refractivity contribution in [2.24, 2.45) is 0 Å². The first kappa shape index (κ1) is 11.1. The second kappa shape index (κ2) is 5.61. The summed E-state index contributed by atoms with van der Waals surface area (Å²) in [5.41, 5.74) is 0.675. The van der Waals surface area contributed by atoms with Crippen molar-refractivity contribution in [3.05, 3.63) is 30.1 Å². The summed E-state index contributed by atoms with van der Waals surface area (Å²) in [7, 11) is 0. The molecule has 0 unspecified atom stereocenters. The summed E-state index contributed by atoms with van der Waals surface area (Å²) in [4.78, 5) is 15.5. The van der Waals surface area contributed by atoms with Crippen LogP contribution in [0, 0.1) is 0 Å². The molecule has 2 rings (SSSR count). The lowest BCUT2D eigenvalue weighted by atomic mass is 10.1. The Bertz CT molecular complexity index is 333. The van der Waals surface area contributed by atoms with E-state index in [-0.39, 0.29) is 5.91 Å². The summed E-state index contributed by atoms with van der Waals surface area (Å²) in [6.45, 7) is 1.85. The van der Waals surface area contributed by atoms with E-state index in [4.69, 9.17) is 0 Å². The first-order valence-electron chi connectivity index (χ1n) is 5.78. The average molecular weight is 219 g/mol. The molecular formula is C12H17N3O. The topological polar surface area (TPSA) is 54.0 Å². The van der Waals surface area contributed by atoms with Gasteiger partial charge in [0.2, 0.25) is 0 Å². The van der Waals surface area contributed by atoms with Crippen molar-refractivity contribution < 1.29 is 4.79 Å². The molecule has 1 amide bonds. The molecule has 4 heteroatoms. The van der Waals surface area contributed by atoms with Crippen molar-refractivity contribution in [1.29, 1.82) is 0 Å². The number of nitrogens with one attached hydrogen (secondary N) is 2. The van der Waals surface area contributed by atoms with Gasteiger partial charge in [0.05, 0.1) is 0 Å². The van der Waals surface area contributed by atoms with Crippen LogP contribution in [-0.2, 0) is 0 Å². The van der Waals surface area contributed by atoms with E-state index in [0.29, 0.717) is 11.6 Å². The monoisotopic (exact) mass is 219 g/mol. The number of nitrogens with zero attached hydrogens (tertiary/aromatic N) is 1. The zero-order valence-corrected chi connectivity index (χ0v) is 9.28. The van der Waals surface area contributed by atoms with Crippen LogP contribution in [0.1, 0.15) is 29.6 Å². The van der Waals surface area contributed by atoms with Crippen molar-refractivity contribution in [1.82, 2.24) is 15.6 Å². The Hall–Kier alpha value is -1.42. The maximum Gasteiger partial charge on any atom is 0.251 e. The maximum absolute atomic E-state index is 11.7. The largest absolute Gasteiger partial charge is 0.352 e. The van der Waals surface area contributed by atoms with E-state index in [0.717, 1.165) is 19.5 Å². The first-order valence-corrected chi connectivity index (χ1v) is 5.78. The van der Waals surface area contributed by atoms with Gasteiger partial charge in [0, 0.05) is 30.5 Å². The number of carbonyl (C=O) groups is 1. The van der Waals surface area contributed by atoms with Crippen LogP contribution in [0.25, 0.3) is 0 Å². The van der Waals surface area contributed by atoms with E-state index in [9.17, 15) is 4.79 Å². The van der Waals surface area contributed by atoms with Crippen LogP contribution < -0.4 is 10.6 Å². The number of hydrogen-bond donors (Lipinski definition) is 2. The summed E-state index contributed by atoms with van der Waals surface area (Å²) in [5.74, 6) is -0.0135. The van der Waals surface area contributed by atoms with Crippen molar-refractivity contribution in [2.75, 3.05) is 13.1 Å². The molecule has 2 N–H and O–H groups in total. The minimum absolute atomic E-state index is 0.0135. The molecule has 0 aromatic carbocycles. The van der Waals surface area contributed by atoms with Crippen LogP contribution in [0.4, 0.5) is 0 Å². The van der Waals surface area contributed by atoms with Crippen molar-refractivity contribution in [2.45, 2.75) is 25.3 Å². The zero-order chi connectivity index (χ0) is 11.2. The predicted molar refractivity (Wildman–Crippen MR) is 62.2 cm³/mol. The third-order valence-electron chi connectivity index (χ3n) is 2.88. The number of amides is 1. The molecule has 0 spiro atoms. The van der Waals surface area contributed by atoms with Gasteiger partial charge in [-0.2, -0.15) is 0 Å². The summed E-state index contributed by atoms with van der Waals surface area (Å²) >= 11 is 0. The molecule has 0 aliphatic carbocycles. The quantitative estimate of drug-likeness (QED) is 0.793. The molecule has 1 atom stereocenters. The minimum atomic E-state index is -0.0135. The van der Waals surface area contributed by atoms with Gasteiger partial charge in [-0.15, -0.1) is 0 Å². The lowest BCUT2D eigenvalue weighted by Gasteiger charge is -2.10. The molecule has 2 heterocycles. The van der Waals surface area contributed by atoms with Gasteiger partial charge in [-0.1, -0.05) is 0 Å². The standard InChI is InChI=1S/C12H17N3O/c16-12(10-3-7-13-8-4-10)15-9-5-11-2-1-6-14-11/h3-4,7-8,11,14H,1-2,5-6,9H2,(H,15,16)/t11-/m1/s1. The lowest BCUT2D eigenvalue weighted by molar-refractivity contribution is 0.0952. The number of rotatable bonds is 4. The normalized spacial score (nSPS) is 19.6. The lowest BCUT2D eigenvalue weighted by Crippen LogP contribution is -2.30. The summed E-state index contributed by atoms with van der Waals surface area (Å²) in [6.07, 6.45) is 6.76. The molecule has 4 nitrogen and oxygen atoms in total. The molecule has 16 heavy (non-hydrogen) atoms. The molecule has 0 radical (unpaired) electrons. The van der Waals surface area contributed by atoms with E-state index >= 15 is 0 Å². The fraction of sp³-hybridized carbons (Fsp3) is 0.500. The van der Waals surface area contributed by atoms with E-state index < -0.39 is 0 Å². The van der Waals surface area contributed by atoms with Gasteiger partial charge < -0.3 is 10.6 Å². The van der Waals surface area contributed by atoms with Gasteiger partial charge in [0.1, 0.15) is 0 Å². The number of hydrogen-bond acceptors (Lipinski definition) is 3. The highest BCUT2D eigenvalue weighted by molar-refractivity contribution is 5.93. The second-order valence-corrected chi connectivity index (χ2v) is 4.07. The Balaban J connectivity index is 1.71. The van der Waals surface area contributed by atoms with Gasteiger partial charge in [0.25, 0.3) is 5.91 Å². The molecular weight excluding hydrogens is 202 g/mol. The molecule has 1 aromatic rings. The molecule has 1 aromatic heterocycles. The Morgan fingerprint density at radius 3 is 3.00 bits per heavy atom. The van der Waals surface area contributed by atoms with Gasteiger partial charge in [-0.3, -0.25) is 9.78 Å². The molecule has 1 fully saturated rings. The molecule has 1 aliphatic rings.